The molecule has 1 amide bonds. The summed E-state index contributed by atoms with van der Waals surface area (Å²) in [5.41, 5.74) is 9.81. The van der Waals surface area contributed by atoms with Crippen molar-refractivity contribution in [2.24, 2.45) is 0 Å². The minimum atomic E-state index is -0.531. The number of hydrogen-bond acceptors (Lipinski definition) is 10. The average Bonchev–Trinajstić information content (AvgIpc) is 3.53. The SMILES string of the molecule is CC(C)n1nc(-c2noc(C3CC3)c2-c2ccc(CNC(=O)CCCC(=O)OC(C)(C)C)cn2)c2c(N)ncnc21. The van der Waals surface area contributed by atoms with Gasteiger partial charge in [0.1, 0.15) is 34.9 Å². The summed E-state index contributed by atoms with van der Waals surface area (Å²) in [5.74, 6) is 0.940. The highest BCUT2D eigenvalue weighted by Crippen LogP contribution is 2.48. The number of carbonyl (C=O) groups is 2. The van der Waals surface area contributed by atoms with Gasteiger partial charge in [-0.15, -0.1) is 0 Å². The van der Waals surface area contributed by atoms with Crippen LogP contribution in [0.5, 0.6) is 0 Å². The molecule has 216 valence electrons. The molecule has 1 saturated carbocycles. The van der Waals surface area contributed by atoms with E-state index in [2.05, 4.69) is 20.4 Å². The smallest absolute Gasteiger partial charge is 0.306 e. The highest BCUT2D eigenvalue weighted by atomic mass is 16.6. The molecule has 1 fully saturated rings. The molecule has 0 spiro atoms. The minimum Gasteiger partial charge on any atom is -0.460 e. The lowest BCUT2D eigenvalue weighted by Gasteiger charge is -2.19. The highest BCUT2D eigenvalue weighted by molar-refractivity contribution is 6.00. The quantitative estimate of drug-likeness (QED) is 0.259. The maximum atomic E-state index is 12.3. The van der Waals surface area contributed by atoms with Gasteiger partial charge < -0.3 is 20.3 Å². The van der Waals surface area contributed by atoms with Gasteiger partial charge in [0.25, 0.3) is 0 Å². The van der Waals surface area contributed by atoms with Gasteiger partial charge in [-0.1, -0.05) is 11.2 Å². The molecule has 0 bridgehead atoms. The number of carbonyl (C=O) groups excluding carboxylic acids is 2. The molecule has 0 saturated heterocycles. The maximum absolute atomic E-state index is 12.3. The average molecular weight is 561 g/mol. The van der Waals surface area contributed by atoms with Gasteiger partial charge in [-0.3, -0.25) is 14.6 Å². The van der Waals surface area contributed by atoms with Crippen molar-refractivity contribution in [3.8, 4) is 22.6 Å². The first kappa shape index (κ1) is 28.2. The number of nitrogens with one attached hydrogen (secondary N) is 1. The normalized spacial score (nSPS) is 13.6. The molecule has 4 aromatic rings. The molecule has 0 unspecified atom stereocenters. The Morgan fingerprint density at radius 2 is 1.93 bits per heavy atom. The molecule has 0 radical (unpaired) electrons. The van der Waals surface area contributed by atoms with E-state index in [1.54, 1.807) is 6.20 Å². The van der Waals surface area contributed by atoms with Gasteiger partial charge in [0.2, 0.25) is 5.91 Å². The summed E-state index contributed by atoms with van der Waals surface area (Å²) in [6.45, 7) is 9.82. The number of anilines is 1. The van der Waals surface area contributed by atoms with E-state index in [9.17, 15) is 9.59 Å². The third-order valence-electron chi connectivity index (χ3n) is 6.67. The van der Waals surface area contributed by atoms with Crippen molar-refractivity contribution >= 4 is 28.7 Å². The Hall–Kier alpha value is -4.35. The largest absolute Gasteiger partial charge is 0.460 e. The fraction of sp³-hybridized carbons (Fsp3) is 0.483. The van der Waals surface area contributed by atoms with Crippen LogP contribution < -0.4 is 11.1 Å². The second kappa shape index (κ2) is 11.3. The fourth-order valence-corrected chi connectivity index (χ4v) is 4.61. The van der Waals surface area contributed by atoms with E-state index in [0.29, 0.717) is 46.9 Å². The second-order valence-electron chi connectivity index (χ2n) is 11.7. The van der Waals surface area contributed by atoms with Crippen LogP contribution in [-0.4, -0.2) is 47.4 Å². The number of aromatic nitrogens is 6. The highest BCUT2D eigenvalue weighted by Gasteiger charge is 2.35. The van der Waals surface area contributed by atoms with Crippen molar-refractivity contribution in [1.82, 2.24) is 35.2 Å². The molecule has 41 heavy (non-hydrogen) atoms. The van der Waals surface area contributed by atoms with Gasteiger partial charge in [0.05, 0.1) is 16.6 Å². The van der Waals surface area contributed by atoms with Crippen LogP contribution >= 0.6 is 0 Å². The topological polar surface area (TPSA) is 164 Å². The Morgan fingerprint density at radius 3 is 2.59 bits per heavy atom. The molecule has 0 atom stereocenters. The van der Waals surface area contributed by atoms with Crippen LogP contribution in [0.3, 0.4) is 0 Å². The Balaban J connectivity index is 1.32. The van der Waals surface area contributed by atoms with E-state index in [0.717, 1.165) is 29.7 Å². The van der Waals surface area contributed by atoms with Crippen LogP contribution in [0.25, 0.3) is 33.7 Å². The molecule has 3 N–H and O–H groups in total. The van der Waals surface area contributed by atoms with Gasteiger partial charge in [0, 0.05) is 37.5 Å². The number of pyridine rings is 1. The summed E-state index contributed by atoms with van der Waals surface area (Å²) in [4.78, 5) is 37.5. The van der Waals surface area contributed by atoms with Crippen molar-refractivity contribution in [3.05, 3.63) is 36.0 Å². The Morgan fingerprint density at radius 1 is 1.15 bits per heavy atom. The number of nitrogen functional groups attached to an aromatic ring is 1. The first-order valence-electron chi connectivity index (χ1n) is 13.9. The van der Waals surface area contributed by atoms with Crippen molar-refractivity contribution in [1.29, 1.82) is 0 Å². The number of nitrogens with two attached hydrogens (primary N) is 1. The fourth-order valence-electron chi connectivity index (χ4n) is 4.61. The first-order valence-corrected chi connectivity index (χ1v) is 13.9. The lowest BCUT2D eigenvalue weighted by Crippen LogP contribution is -2.25. The van der Waals surface area contributed by atoms with Gasteiger partial charge in [0.15, 0.2) is 5.65 Å². The van der Waals surface area contributed by atoms with Crippen LogP contribution in [-0.2, 0) is 20.9 Å². The van der Waals surface area contributed by atoms with Crippen LogP contribution in [0.4, 0.5) is 5.82 Å². The summed E-state index contributed by atoms with van der Waals surface area (Å²) < 4.78 is 13.0. The minimum absolute atomic E-state index is 0.0451. The number of amides is 1. The van der Waals surface area contributed by atoms with Crippen LogP contribution in [0.2, 0.25) is 0 Å². The lowest BCUT2D eigenvalue weighted by molar-refractivity contribution is -0.154. The van der Waals surface area contributed by atoms with Crippen molar-refractivity contribution in [2.75, 3.05) is 5.73 Å². The zero-order valence-electron chi connectivity index (χ0n) is 24.1. The number of nitrogens with zero attached hydrogens (tertiary/aromatic N) is 6. The third kappa shape index (κ3) is 6.36. The first-order chi connectivity index (χ1) is 19.5. The van der Waals surface area contributed by atoms with E-state index >= 15 is 0 Å². The molecule has 12 heteroatoms. The van der Waals surface area contributed by atoms with E-state index in [1.165, 1.54) is 6.33 Å². The molecule has 1 aliphatic carbocycles. The molecule has 5 rings (SSSR count). The number of hydrogen-bond donors (Lipinski definition) is 2. The standard InChI is InChI=1S/C29H36N8O4/c1-16(2)37-28-23(27(30)33-15-34-28)24(35-37)25-22(26(41-36-25)18-10-11-18)19-12-9-17(13-31-19)14-32-20(38)7-6-8-21(39)40-29(3,4)5/h9,12-13,15-16,18H,6-8,10-11,14H2,1-5H3,(H,32,38)(H2,30,33,34). The number of rotatable bonds is 10. The van der Waals surface area contributed by atoms with E-state index in [-0.39, 0.29) is 36.7 Å². The lowest BCUT2D eigenvalue weighted by atomic mass is 10.0. The molecule has 0 aliphatic heterocycles. The summed E-state index contributed by atoms with van der Waals surface area (Å²) in [6, 6.07) is 3.86. The predicted octanol–water partition coefficient (Wildman–Crippen LogP) is 4.71. The molecule has 4 aromatic heterocycles. The van der Waals surface area contributed by atoms with Crippen molar-refractivity contribution in [2.45, 2.75) is 90.8 Å². The second-order valence-corrected chi connectivity index (χ2v) is 11.7. The van der Waals surface area contributed by atoms with Gasteiger partial charge in [-0.05, 0) is 65.5 Å². The van der Waals surface area contributed by atoms with Crippen molar-refractivity contribution < 1.29 is 18.8 Å². The number of fused-ring (bicyclic) bond motifs is 1. The summed E-state index contributed by atoms with van der Waals surface area (Å²) >= 11 is 0. The Bertz CT molecular complexity index is 1560. The van der Waals surface area contributed by atoms with Crippen LogP contribution in [0.15, 0.2) is 29.2 Å². The Kier molecular flexibility index (Phi) is 7.74. The third-order valence-corrected chi connectivity index (χ3v) is 6.67. The summed E-state index contributed by atoms with van der Waals surface area (Å²) in [6.07, 6.45) is 6.07. The predicted molar refractivity (Wildman–Crippen MR) is 152 cm³/mol. The molecule has 0 aromatic carbocycles. The number of ether oxygens (including phenoxy) is 1. The zero-order valence-corrected chi connectivity index (χ0v) is 24.1. The van der Waals surface area contributed by atoms with Crippen LogP contribution in [0.1, 0.15) is 90.0 Å². The molecule has 1 aliphatic rings. The summed E-state index contributed by atoms with van der Waals surface area (Å²) in [7, 11) is 0. The monoisotopic (exact) mass is 560 g/mol. The Labute approximate surface area is 238 Å². The summed E-state index contributed by atoms with van der Waals surface area (Å²) in [5, 5.41) is 12.8. The zero-order chi connectivity index (χ0) is 29.3. The molecular formula is C29H36N8O4. The maximum Gasteiger partial charge on any atom is 0.306 e. The van der Waals surface area contributed by atoms with Crippen molar-refractivity contribution in [3.63, 3.8) is 0 Å². The van der Waals surface area contributed by atoms with E-state index < -0.39 is 5.60 Å². The van der Waals surface area contributed by atoms with Gasteiger partial charge >= 0.3 is 5.97 Å². The molecule has 12 nitrogen and oxygen atoms in total. The van der Waals surface area contributed by atoms with E-state index in [4.69, 9.17) is 25.1 Å². The van der Waals surface area contributed by atoms with E-state index in [1.807, 2.05) is 51.4 Å². The molecule has 4 heterocycles. The van der Waals surface area contributed by atoms with Gasteiger partial charge in [-0.25, -0.2) is 14.6 Å². The molecular weight excluding hydrogens is 524 g/mol. The van der Waals surface area contributed by atoms with Crippen LogP contribution in [0, 0.1) is 0 Å². The van der Waals surface area contributed by atoms with Gasteiger partial charge in [-0.2, -0.15) is 5.10 Å². The number of esters is 1.